The molecule has 1 rings (SSSR count). The van der Waals surface area contributed by atoms with E-state index in [1.165, 1.54) is 12.1 Å². The minimum atomic E-state index is -3.58. The number of sulfonamides is 1. The number of unbranched alkanes of at least 4 members (excludes halogenated alkanes) is 2. The first-order chi connectivity index (χ1) is 9.38. The summed E-state index contributed by atoms with van der Waals surface area (Å²) in [5, 5.41) is 0. The van der Waals surface area contributed by atoms with Gasteiger partial charge in [0, 0.05) is 20.3 Å². The summed E-state index contributed by atoms with van der Waals surface area (Å²) in [6.07, 6.45) is 2.56. The number of ether oxygens (including phenoxy) is 1. The van der Waals surface area contributed by atoms with Crippen LogP contribution in [0.1, 0.15) is 30.4 Å². The summed E-state index contributed by atoms with van der Waals surface area (Å²) in [5.74, 6) is -0.418. The fourth-order valence-corrected chi connectivity index (χ4v) is 3.67. The Bertz CT molecular complexity index is 520. The molecule has 1 aromatic rings. The van der Waals surface area contributed by atoms with Gasteiger partial charge in [-0.3, -0.25) is 0 Å². The lowest BCUT2D eigenvalue weighted by atomic mass is 10.1. The highest BCUT2D eigenvalue weighted by molar-refractivity contribution is 7.89. The fourth-order valence-electron chi connectivity index (χ4n) is 2.15. The van der Waals surface area contributed by atoms with Crippen LogP contribution < -0.4 is 4.72 Å². The summed E-state index contributed by atoms with van der Waals surface area (Å²) < 4.78 is 45.1. The number of benzene rings is 1. The van der Waals surface area contributed by atoms with Gasteiger partial charge in [-0.15, -0.1) is 0 Å². The van der Waals surface area contributed by atoms with Crippen molar-refractivity contribution in [2.75, 3.05) is 20.3 Å². The molecule has 0 radical (unpaired) electrons. The highest BCUT2D eigenvalue weighted by atomic mass is 32.2. The first-order valence-corrected chi connectivity index (χ1v) is 8.12. The average Bonchev–Trinajstić information content (AvgIpc) is 2.31. The van der Waals surface area contributed by atoms with E-state index in [-0.39, 0.29) is 4.90 Å². The van der Waals surface area contributed by atoms with Gasteiger partial charge in [-0.05, 0) is 56.4 Å². The van der Waals surface area contributed by atoms with Crippen LogP contribution in [0, 0.1) is 19.7 Å². The molecule has 0 heterocycles. The standard InChI is InChI=1S/C14H22FNO3S/c1-11-9-13(15)10-12(2)14(11)20(17,18)16-7-5-4-6-8-19-3/h9-10,16H,4-8H2,1-3H3. The maximum Gasteiger partial charge on any atom is 0.241 e. The number of halogens is 1. The second kappa shape index (κ2) is 7.71. The molecule has 0 saturated carbocycles. The molecule has 0 bridgehead atoms. The SMILES string of the molecule is COCCCCCNS(=O)(=O)c1c(C)cc(F)cc1C. The van der Waals surface area contributed by atoms with Crippen LogP contribution in [0.25, 0.3) is 0 Å². The van der Waals surface area contributed by atoms with Crippen molar-refractivity contribution in [2.24, 2.45) is 0 Å². The van der Waals surface area contributed by atoms with Gasteiger partial charge >= 0.3 is 0 Å². The minimum Gasteiger partial charge on any atom is -0.385 e. The molecule has 6 heteroatoms. The van der Waals surface area contributed by atoms with E-state index < -0.39 is 15.8 Å². The highest BCUT2D eigenvalue weighted by Crippen LogP contribution is 2.21. The van der Waals surface area contributed by atoms with Crippen molar-refractivity contribution in [3.8, 4) is 0 Å². The van der Waals surface area contributed by atoms with Crippen LogP contribution in [-0.2, 0) is 14.8 Å². The number of nitrogens with one attached hydrogen (secondary N) is 1. The molecule has 0 aliphatic rings. The number of hydrogen-bond donors (Lipinski definition) is 1. The summed E-state index contributed by atoms with van der Waals surface area (Å²) in [6, 6.07) is 2.47. The predicted molar refractivity (Wildman–Crippen MR) is 76.8 cm³/mol. The van der Waals surface area contributed by atoms with Crippen LogP contribution >= 0.6 is 0 Å². The lowest BCUT2D eigenvalue weighted by molar-refractivity contribution is 0.192. The number of hydrogen-bond acceptors (Lipinski definition) is 3. The molecule has 0 amide bonds. The molecule has 0 unspecified atom stereocenters. The largest absolute Gasteiger partial charge is 0.385 e. The molecule has 0 saturated heterocycles. The van der Waals surface area contributed by atoms with E-state index in [4.69, 9.17) is 4.74 Å². The third kappa shape index (κ3) is 4.85. The molecule has 1 aromatic carbocycles. The van der Waals surface area contributed by atoms with Crippen LogP contribution in [0.5, 0.6) is 0 Å². The zero-order valence-corrected chi connectivity index (χ0v) is 13.0. The Kier molecular flexibility index (Phi) is 6.58. The molecular formula is C14H22FNO3S. The first kappa shape index (κ1) is 17.1. The Morgan fingerprint density at radius 2 is 1.75 bits per heavy atom. The monoisotopic (exact) mass is 303 g/mol. The van der Waals surface area contributed by atoms with Crippen molar-refractivity contribution in [1.82, 2.24) is 4.72 Å². The van der Waals surface area contributed by atoms with Crippen LogP contribution in [0.4, 0.5) is 4.39 Å². The first-order valence-electron chi connectivity index (χ1n) is 6.64. The maximum atomic E-state index is 13.2. The normalized spacial score (nSPS) is 11.8. The number of aryl methyl sites for hydroxylation is 2. The molecule has 0 fully saturated rings. The third-order valence-corrected chi connectivity index (χ3v) is 4.78. The molecule has 20 heavy (non-hydrogen) atoms. The van der Waals surface area contributed by atoms with Crippen LogP contribution in [0.2, 0.25) is 0 Å². The molecule has 1 N–H and O–H groups in total. The summed E-state index contributed by atoms with van der Waals surface area (Å²) in [7, 11) is -1.94. The van der Waals surface area contributed by atoms with Gasteiger partial charge in [0.2, 0.25) is 10.0 Å². The third-order valence-electron chi connectivity index (χ3n) is 3.01. The molecule has 4 nitrogen and oxygen atoms in total. The second-order valence-corrected chi connectivity index (χ2v) is 6.52. The van der Waals surface area contributed by atoms with Gasteiger partial charge in [0.15, 0.2) is 0 Å². The van der Waals surface area contributed by atoms with E-state index in [1.54, 1.807) is 21.0 Å². The van der Waals surface area contributed by atoms with Gasteiger partial charge in [0.1, 0.15) is 5.82 Å². The number of rotatable bonds is 8. The van der Waals surface area contributed by atoms with Gasteiger partial charge in [0.25, 0.3) is 0 Å². The van der Waals surface area contributed by atoms with E-state index in [2.05, 4.69) is 4.72 Å². The molecule has 0 spiro atoms. The molecular weight excluding hydrogens is 281 g/mol. The fraction of sp³-hybridized carbons (Fsp3) is 0.571. The van der Waals surface area contributed by atoms with E-state index in [1.807, 2.05) is 0 Å². The Balaban J connectivity index is 2.66. The second-order valence-electron chi connectivity index (χ2n) is 4.82. The maximum absolute atomic E-state index is 13.2. The van der Waals surface area contributed by atoms with Gasteiger partial charge in [-0.25, -0.2) is 17.5 Å². The van der Waals surface area contributed by atoms with Crippen molar-refractivity contribution in [3.05, 3.63) is 29.1 Å². The van der Waals surface area contributed by atoms with Gasteiger partial charge in [0.05, 0.1) is 4.90 Å². The van der Waals surface area contributed by atoms with Crippen LogP contribution in [0.3, 0.4) is 0 Å². The van der Waals surface area contributed by atoms with E-state index >= 15 is 0 Å². The zero-order valence-electron chi connectivity index (χ0n) is 12.2. The van der Waals surface area contributed by atoms with Crippen LogP contribution in [-0.4, -0.2) is 28.7 Å². The zero-order chi connectivity index (χ0) is 15.2. The van der Waals surface area contributed by atoms with Crippen LogP contribution in [0.15, 0.2) is 17.0 Å². The Labute approximate surface area is 120 Å². The Hall–Kier alpha value is -0.980. The Morgan fingerprint density at radius 1 is 1.15 bits per heavy atom. The predicted octanol–water partition coefficient (Wildman–Crippen LogP) is 2.54. The van der Waals surface area contributed by atoms with E-state index in [0.29, 0.717) is 24.3 Å². The van der Waals surface area contributed by atoms with Gasteiger partial charge < -0.3 is 4.74 Å². The minimum absolute atomic E-state index is 0.177. The highest BCUT2D eigenvalue weighted by Gasteiger charge is 2.19. The van der Waals surface area contributed by atoms with Crippen molar-refractivity contribution in [3.63, 3.8) is 0 Å². The smallest absolute Gasteiger partial charge is 0.241 e. The topological polar surface area (TPSA) is 55.4 Å². The van der Waals surface area contributed by atoms with Gasteiger partial charge in [-0.2, -0.15) is 0 Å². The van der Waals surface area contributed by atoms with Gasteiger partial charge in [-0.1, -0.05) is 0 Å². The summed E-state index contributed by atoms with van der Waals surface area (Å²) >= 11 is 0. The average molecular weight is 303 g/mol. The van der Waals surface area contributed by atoms with Crippen molar-refractivity contribution < 1.29 is 17.5 Å². The summed E-state index contributed by atoms with van der Waals surface area (Å²) in [4.78, 5) is 0.177. The quantitative estimate of drug-likeness (QED) is 0.751. The Morgan fingerprint density at radius 3 is 2.30 bits per heavy atom. The molecule has 114 valence electrons. The molecule has 0 aliphatic carbocycles. The molecule has 0 atom stereocenters. The number of methoxy groups -OCH3 is 1. The van der Waals surface area contributed by atoms with Crippen molar-refractivity contribution >= 4 is 10.0 Å². The lowest BCUT2D eigenvalue weighted by Gasteiger charge is -2.12. The lowest BCUT2D eigenvalue weighted by Crippen LogP contribution is -2.26. The molecule has 0 aliphatic heterocycles. The van der Waals surface area contributed by atoms with Crippen molar-refractivity contribution in [1.29, 1.82) is 0 Å². The van der Waals surface area contributed by atoms with E-state index in [0.717, 1.165) is 19.3 Å². The molecule has 0 aromatic heterocycles. The van der Waals surface area contributed by atoms with E-state index in [9.17, 15) is 12.8 Å². The van der Waals surface area contributed by atoms with Crippen molar-refractivity contribution in [2.45, 2.75) is 38.0 Å². The summed E-state index contributed by atoms with van der Waals surface area (Å²) in [5.41, 5.74) is 0.851. The summed E-state index contributed by atoms with van der Waals surface area (Å²) in [6.45, 7) is 4.26.